The van der Waals surface area contributed by atoms with E-state index in [1.165, 1.54) is 24.8 Å². The van der Waals surface area contributed by atoms with Crippen molar-refractivity contribution in [1.82, 2.24) is 0 Å². The van der Waals surface area contributed by atoms with Crippen molar-refractivity contribution in [3.05, 3.63) is 52.6 Å². The fourth-order valence-corrected chi connectivity index (χ4v) is 2.61. The molecule has 0 heterocycles. The highest BCUT2D eigenvalue weighted by Gasteiger charge is 2.15. The molecule has 1 saturated carbocycles. The number of halogens is 1. The van der Waals surface area contributed by atoms with Crippen LogP contribution in [0.1, 0.15) is 72.3 Å². The third kappa shape index (κ3) is 9.99. The largest absolute Gasteiger partial charge is 0.490 e. The summed E-state index contributed by atoms with van der Waals surface area (Å²) in [5, 5.41) is 9.22. The van der Waals surface area contributed by atoms with Gasteiger partial charge in [-0.25, -0.2) is 0 Å². The van der Waals surface area contributed by atoms with Gasteiger partial charge >= 0.3 is 0 Å². The molecule has 3 heteroatoms. The zero-order chi connectivity index (χ0) is 19.1. The molecular formula is C22H32ClNO. The number of nitriles is 1. The van der Waals surface area contributed by atoms with Crippen molar-refractivity contribution in [2.75, 3.05) is 0 Å². The second-order valence-corrected chi connectivity index (χ2v) is 6.07. The molecule has 1 aromatic carbocycles. The van der Waals surface area contributed by atoms with E-state index in [2.05, 4.69) is 19.1 Å². The van der Waals surface area contributed by atoms with E-state index in [4.69, 9.17) is 21.6 Å². The Morgan fingerprint density at radius 1 is 1.20 bits per heavy atom. The van der Waals surface area contributed by atoms with E-state index in [-0.39, 0.29) is 0 Å². The lowest BCUT2D eigenvalue weighted by Gasteiger charge is -2.23. The van der Waals surface area contributed by atoms with Crippen molar-refractivity contribution >= 4 is 11.6 Å². The number of rotatable bonds is 3. The number of benzene rings is 1. The average molecular weight is 362 g/mol. The Labute approximate surface area is 159 Å². The molecule has 0 aliphatic heterocycles. The Hall–Kier alpha value is -1.72. The SMILES string of the molecule is C/C=C\C(C)=C/C.CC.N#Cc1ccc(OC2CCCCC2)cc1Cl. The minimum absolute atomic E-state index is 0.317. The van der Waals surface area contributed by atoms with Crippen LogP contribution in [0, 0.1) is 11.3 Å². The van der Waals surface area contributed by atoms with Crippen LogP contribution in [0.5, 0.6) is 5.75 Å². The molecule has 0 unspecified atom stereocenters. The highest BCUT2D eigenvalue weighted by molar-refractivity contribution is 6.31. The smallest absolute Gasteiger partial charge is 0.121 e. The maximum atomic E-state index is 8.76. The predicted octanol–water partition coefficient (Wildman–Crippen LogP) is 7.48. The molecule has 0 amide bonds. The highest BCUT2D eigenvalue weighted by atomic mass is 35.5. The number of hydrogen-bond donors (Lipinski definition) is 0. The standard InChI is InChI=1S/C13H14ClNO.C7H12.C2H6/c14-13-8-12(7-6-10(13)9-15)16-11-4-2-1-3-5-11;1-4-6-7(3)5-2;1-2/h6-8,11H,1-5H2;4-6H,1-3H3;1-2H3/b;6-4-,7-5-;. The molecule has 0 aromatic heterocycles. The Morgan fingerprint density at radius 3 is 2.28 bits per heavy atom. The van der Waals surface area contributed by atoms with Crippen LogP contribution in [0.15, 0.2) is 42.0 Å². The minimum atomic E-state index is 0.317. The Kier molecular flexibility index (Phi) is 13.6. The molecule has 1 aromatic rings. The van der Waals surface area contributed by atoms with Gasteiger partial charge in [-0.1, -0.05) is 55.7 Å². The van der Waals surface area contributed by atoms with E-state index >= 15 is 0 Å². The zero-order valence-corrected chi connectivity index (χ0v) is 17.1. The molecule has 1 fully saturated rings. The van der Waals surface area contributed by atoms with Crippen molar-refractivity contribution < 1.29 is 4.74 Å². The van der Waals surface area contributed by atoms with Crippen LogP contribution in [0.25, 0.3) is 0 Å². The van der Waals surface area contributed by atoms with Gasteiger partial charge in [-0.05, 0) is 58.6 Å². The Balaban J connectivity index is 0.000000544. The normalized spacial score (nSPS) is 14.7. The second kappa shape index (κ2) is 14.6. The molecule has 0 spiro atoms. The maximum absolute atomic E-state index is 8.76. The first-order valence-corrected chi connectivity index (χ1v) is 9.60. The van der Waals surface area contributed by atoms with Gasteiger partial charge in [-0.15, -0.1) is 0 Å². The van der Waals surface area contributed by atoms with Crippen molar-refractivity contribution in [3.8, 4) is 11.8 Å². The number of hydrogen-bond acceptors (Lipinski definition) is 2. The van der Waals surface area contributed by atoms with Gasteiger partial charge in [0.15, 0.2) is 0 Å². The average Bonchev–Trinajstić information content (AvgIpc) is 2.65. The summed E-state index contributed by atoms with van der Waals surface area (Å²) in [5.74, 6) is 0.774. The second-order valence-electron chi connectivity index (χ2n) is 5.66. The summed E-state index contributed by atoms with van der Waals surface area (Å²) >= 11 is 5.94. The first-order chi connectivity index (χ1) is 12.1. The third-order valence-electron chi connectivity index (χ3n) is 3.80. The van der Waals surface area contributed by atoms with E-state index in [0.717, 1.165) is 18.6 Å². The number of ether oxygens (including phenoxy) is 1. The van der Waals surface area contributed by atoms with E-state index in [1.807, 2.05) is 45.9 Å². The first kappa shape index (κ1) is 23.3. The predicted molar refractivity (Wildman–Crippen MR) is 109 cm³/mol. The van der Waals surface area contributed by atoms with Crippen LogP contribution >= 0.6 is 11.6 Å². The van der Waals surface area contributed by atoms with Gasteiger partial charge in [0.05, 0.1) is 16.7 Å². The van der Waals surface area contributed by atoms with Gasteiger partial charge in [0.2, 0.25) is 0 Å². The quantitative estimate of drug-likeness (QED) is 0.522. The van der Waals surface area contributed by atoms with Crippen molar-refractivity contribution in [3.63, 3.8) is 0 Å². The van der Waals surface area contributed by atoms with Gasteiger partial charge in [0, 0.05) is 6.07 Å². The van der Waals surface area contributed by atoms with Gasteiger partial charge in [0.1, 0.15) is 11.8 Å². The molecular weight excluding hydrogens is 330 g/mol. The third-order valence-corrected chi connectivity index (χ3v) is 4.11. The monoisotopic (exact) mass is 361 g/mol. The van der Waals surface area contributed by atoms with Crippen LogP contribution in [0.4, 0.5) is 0 Å². The summed E-state index contributed by atoms with van der Waals surface area (Å²) in [4.78, 5) is 0. The van der Waals surface area contributed by atoms with Crippen LogP contribution in [-0.2, 0) is 0 Å². The molecule has 0 bridgehead atoms. The fourth-order valence-electron chi connectivity index (χ4n) is 2.39. The van der Waals surface area contributed by atoms with Gasteiger partial charge in [0.25, 0.3) is 0 Å². The van der Waals surface area contributed by atoms with E-state index < -0.39 is 0 Å². The summed E-state index contributed by atoms with van der Waals surface area (Å²) in [5.41, 5.74) is 1.82. The molecule has 1 aliphatic carbocycles. The molecule has 25 heavy (non-hydrogen) atoms. The lowest BCUT2D eigenvalue weighted by molar-refractivity contribution is 0.155. The fraction of sp³-hybridized carbons (Fsp3) is 0.500. The summed E-state index contributed by atoms with van der Waals surface area (Å²) < 4.78 is 5.84. The van der Waals surface area contributed by atoms with E-state index in [9.17, 15) is 0 Å². The number of nitrogens with zero attached hydrogens (tertiary/aromatic N) is 1. The van der Waals surface area contributed by atoms with Gasteiger partial charge < -0.3 is 4.74 Å². The summed E-state index contributed by atoms with van der Waals surface area (Å²) in [6, 6.07) is 7.30. The van der Waals surface area contributed by atoms with Crippen molar-refractivity contribution in [1.29, 1.82) is 5.26 Å². The van der Waals surface area contributed by atoms with Gasteiger partial charge in [-0.2, -0.15) is 5.26 Å². The molecule has 0 atom stereocenters. The molecule has 1 aliphatic rings. The lowest BCUT2D eigenvalue weighted by atomic mass is 9.98. The zero-order valence-electron chi connectivity index (χ0n) is 16.3. The highest BCUT2D eigenvalue weighted by Crippen LogP contribution is 2.26. The van der Waals surface area contributed by atoms with Gasteiger partial charge in [-0.3, -0.25) is 0 Å². The van der Waals surface area contributed by atoms with Crippen LogP contribution in [0.2, 0.25) is 5.02 Å². The first-order valence-electron chi connectivity index (χ1n) is 9.22. The molecule has 0 radical (unpaired) electrons. The topological polar surface area (TPSA) is 33.0 Å². The molecule has 0 saturated heterocycles. The Morgan fingerprint density at radius 2 is 1.84 bits per heavy atom. The molecule has 0 N–H and O–H groups in total. The minimum Gasteiger partial charge on any atom is -0.490 e. The van der Waals surface area contributed by atoms with E-state index in [1.54, 1.807) is 12.1 Å². The molecule has 138 valence electrons. The van der Waals surface area contributed by atoms with E-state index in [0.29, 0.717) is 16.7 Å². The maximum Gasteiger partial charge on any atom is 0.121 e. The Bertz CT molecular complexity index is 578. The molecule has 2 rings (SSSR count). The molecule has 2 nitrogen and oxygen atoms in total. The van der Waals surface area contributed by atoms with Crippen LogP contribution in [-0.4, -0.2) is 6.10 Å². The summed E-state index contributed by atoms with van der Waals surface area (Å²) in [7, 11) is 0. The van der Waals surface area contributed by atoms with Crippen molar-refractivity contribution in [2.45, 2.75) is 72.8 Å². The lowest BCUT2D eigenvalue weighted by Crippen LogP contribution is -2.19. The number of allylic oxidation sites excluding steroid dienone is 4. The summed E-state index contributed by atoms with van der Waals surface area (Å²) in [6.45, 7) is 10.1. The van der Waals surface area contributed by atoms with Crippen LogP contribution < -0.4 is 4.74 Å². The summed E-state index contributed by atoms with van der Waals surface area (Å²) in [6.07, 6.45) is 12.6. The van der Waals surface area contributed by atoms with Crippen LogP contribution in [0.3, 0.4) is 0 Å². The van der Waals surface area contributed by atoms with Crippen molar-refractivity contribution in [2.24, 2.45) is 0 Å².